The third-order valence-electron chi connectivity index (χ3n) is 4.90. The number of nitrogens with zero attached hydrogens (tertiary/aromatic N) is 1. The summed E-state index contributed by atoms with van der Waals surface area (Å²) >= 11 is 0. The van der Waals surface area contributed by atoms with Gasteiger partial charge in [0.1, 0.15) is 0 Å². The molecule has 0 saturated carbocycles. The summed E-state index contributed by atoms with van der Waals surface area (Å²) in [5.41, 5.74) is 10.2. The molecule has 1 saturated heterocycles. The molecule has 0 unspecified atom stereocenters. The molecule has 132 valence electrons. The Kier molecular flexibility index (Phi) is 5.59. The van der Waals surface area contributed by atoms with E-state index >= 15 is 0 Å². The number of anilines is 2. The van der Waals surface area contributed by atoms with Crippen LogP contribution in [0.4, 0.5) is 11.4 Å². The minimum Gasteiger partial charge on any atom is -0.399 e. The molecule has 0 spiro atoms. The molecule has 3 N–H and O–H groups in total. The summed E-state index contributed by atoms with van der Waals surface area (Å²) in [5, 5.41) is 3.59. The SMILES string of the molecule is Cc1cccc(NC2CCN(C(=O)CCc3ccccc3N)CC2)c1. The van der Waals surface area contributed by atoms with Crippen LogP contribution in [0.5, 0.6) is 0 Å². The summed E-state index contributed by atoms with van der Waals surface area (Å²) in [6.07, 6.45) is 3.23. The Morgan fingerprint density at radius 3 is 2.64 bits per heavy atom. The molecule has 4 nitrogen and oxygen atoms in total. The van der Waals surface area contributed by atoms with Crippen molar-refractivity contribution in [1.82, 2.24) is 4.90 Å². The van der Waals surface area contributed by atoms with Gasteiger partial charge in [0.05, 0.1) is 0 Å². The summed E-state index contributed by atoms with van der Waals surface area (Å²) in [5.74, 6) is 0.234. The molecule has 0 atom stereocenters. The second-order valence-electron chi connectivity index (χ2n) is 6.87. The average molecular weight is 337 g/mol. The van der Waals surface area contributed by atoms with Gasteiger partial charge in [-0.05, 0) is 55.5 Å². The lowest BCUT2D eigenvalue weighted by atomic mass is 10.0. The van der Waals surface area contributed by atoms with E-state index < -0.39 is 0 Å². The Bertz CT molecular complexity index is 721. The zero-order valence-corrected chi connectivity index (χ0v) is 14.9. The summed E-state index contributed by atoms with van der Waals surface area (Å²) < 4.78 is 0. The van der Waals surface area contributed by atoms with Crippen molar-refractivity contribution in [2.45, 2.75) is 38.6 Å². The minimum atomic E-state index is 0.234. The summed E-state index contributed by atoms with van der Waals surface area (Å²) in [6, 6.07) is 16.7. The zero-order valence-electron chi connectivity index (χ0n) is 14.9. The normalized spacial score (nSPS) is 15.2. The van der Waals surface area contributed by atoms with E-state index in [0.717, 1.165) is 37.2 Å². The van der Waals surface area contributed by atoms with Crippen LogP contribution in [0.1, 0.15) is 30.4 Å². The maximum Gasteiger partial charge on any atom is 0.222 e. The monoisotopic (exact) mass is 337 g/mol. The standard InChI is InChI=1S/C21H27N3O/c1-16-5-4-7-19(15-16)23-18-11-13-24(14-12-18)21(25)10-9-17-6-2-3-8-20(17)22/h2-8,15,18,23H,9-14,22H2,1H3. The van der Waals surface area contributed by atoms with E-state index in [0.29, 0.717) is 18.9 Å². The van der Waals surface area contributed by atoms with Gasteiger partial charge in [-0.25, -0.2) is 0 Å². The molecule has 1 aliphatic rings. The fraction of sp³-hybridized carbons (Fsp3) is 0.381. The quantitative estimate of drug-likeness (QED) is 0.820. The molecule has 1 amide bonds. The number of nitrogens with one attached hydrogen (secondary N) is 1. The van der Waals surface area contributed by atoms with Crippen LogP contribution in [0.25, 0.3) is 0 Å². The van der Waals surface area contributed by atoms with E-state index in [1.165, 1.54) is 11.3 Å². The molecule has 1 aliphatic heterocycles. The number of hydrogen-bond donors (Lipinski definition) is 2. The third-order valence-corrected chi connectivity index (χ3v) is 4.90. The van der Waals surface area contributed by atoms with Crippen molar-refractivity contribution in [2.24, 2.45) is 0 Å². The number of nitrogens with two attached hydrogens (primary N) is 1. The Labute approximate surface area is 150 Å². The summed E-state index contributed by atoms with van der Waals surface area (Å²) in [4.78, 5) is 14.5. The van der Waals surface area contributed by atoms with Crippen molar-refractivity contribution in [3.8, 4) is 0 Å². The van der Waals surface area contributed by atoms with Crippen molar-refractivity contribution in [3.63, 3.8) is 0 Å². The topological polar surface area (TPSA) is 58.4 Å². The molecule has 0 aromatic heterocycles. The molecule has 25 heavy (non-hydrogen) atoms. The van der Waals surface area contributed by atoms with E-state index in [1.54, 1.807) is 0 Å². The predicted molar refractivity (Wildman–Crippen MR) is 104 cm³/mol. The van der Waals surface area contributed by atoms with E-state index in [2.05, 4.69) is 36.5 Å². The molecule has 2 aromatic rings. The number of aryl methyl sites for hydroxylation is 2. The fourth-order valence-corrected chi connectivity index (χ4v) is 3.41. The van der Waals surface area contributed by atoms with Crippen LogP contribution in [0.2, 0.25) is 0 Å². The van der Waals surface area contributed by atoms with Crippen molar-refractivity contribution in [3.05, 3.63) is 59.7 Å². The molecule has 3 rings (SSSR count). The molecule has 0 aliphatic carbocycles. The number of nitrogen functional groups attached to an aromatic ring is 1. The zero-order chi connectivity index (χ0) is 17.6. The number of rotatable bonds is 5. The summed E-state index contributed by atoms with van der Waals surface area (Å²) in [7, 11) is 0. The lowest BCUT2D eigenvalue weighted by molar-refractivity contribution is -0.132. The number of hydrogen-bond acceptors (Lipinski definition) is 3. The van der Waals surface area contributed by atoms with Crippen LogP contribution in [0.15, 0.2) is 48.5 Å². The second kappa shape index (κ2) is 8.06. The Hall–Kier alpha value is -2.49. The fourth-order valence-electron chi connectivity index (χ4n) is 3.41. The van der Waals surface area contributed by atoms with Gasteiger partial charge in [-0.15, -0.1) is 0 Å². The highest BCUT2D eigenvalue weighted by molar-refractivity contribution is 5.76. The van der Waals surface area contributed by atoms with Gasteiger partial charge in [0, 0.05) is 36.9 Å². The second-order valence-corrected chi connectivity index (χ2v) is 6.87. The number of amides is 1. The molecular formula is C21H27N3O. The van der Waals surface area contributed by atoms with Crippen LogP contribution in [-0.4, -0.2) is 29.9 Å². The Morgan fingerprint density at radius 2 is 1.92 bits per heavy atom. The van der Waals surface area contributed by atoms with Gasteiger partial charge in [-0.2, -0.15) is 0 Å². The molecule has 0 radical (unpaired) electrons. The first-order valence-corrected chi connectivity index (χ1v) is 9.06. The predicted octanol–water partition coefficient (Wildman–Crippen LogP) is 3.61. The van der Waals surface area contributed by atoms with Gasteiger partial charge in [0.25, 0.3) is 0 Å². The lowest BCUT2D eigenvalue weighted by Crippen LogP contribution is -2.42. The first-order chi connectivity index (χ1) is 12.1. The number of piperidine rings is 1. The van der Waals surface area contributed by atoms with Crippen molar-refractivity contribution in [1.29, 1.82) is 0 Å². The highest BCUT2D eigenvalue weighted by Gasteiger charge is 2.22. The Balaban J connectivity index is 1.45. The van der Waals surface area contributed by atoms with Gasteiger partial charge in [0.2, 0.25) is 5.91 Å². The van der Waals surface area contributed by atoms with Gasteiger partial charge < -0.3 is 16.0 Å². The van der Waals surface area contributed by atoms with Gasteiger partial charge in [-0.3, -0.25) is 4.79 Å². The molecule has 1 heterocycles. The van der Waals surface area contributed by atoms with Crippen LogP contribution in [0, 0.1) is 6.92 Å². The van der Waals surface area contributed by atoms with Crippen LogP contribution < -0.4 is 11.1 Å². The molecule has 0 bridgehead atoms. The number of benzene rings is 2. The number of carbonyl (C=O) groups is 1. The maximum atomic E-state index is 12.5. The number of para-hydroxylation sites is 1. The first-order valence-electron chi connectivity index (χ1n) is 9.06. The van der Waals surface area contributed by atoms with E-state index in [9.17, 15) is 4.79 Å². The van der Waals surface area contributed by atoms with E-state index in [1.807, 2.05) is 29.2 Å². The van der Waals surface area contributed by atoms with Crippen LogP contribution in [-0.2, 0) is 11.2 Å². The van der Waals surface area contributed by atoms with Crippen LogP contribution >= 0.6 is 0 Å². The van der Waals surface area contributed by atoms with E-state index in [4.69, 9.17) is 5.73 Å². The van der Waals surface area contributed by atoms with Crippen molar-refractivity contribution in [2.75, 3.05) is 24.1 Å². The highest BCUT2D eigenvalue weighted by Crippen LogP contribution is 2.19. The van der Waals surface area contributed by atoms with Crippen molar-refractivity contribution >= 4 is 17.3 Å². The van der Waals surface area contributed by atoms with Crippen LogP contribution in [0.3, 0.4) is 0 Å². The van der Waals surface area contributed by atoms with Crippen molar-refractivity contribution < 1.29 is 4.79 Å². The van der Waals surface area contributed by atoms with E-state index in [-0.39, 0.29) is 5.91 Å². The average Bonchev–Trinajstić information content (AvgIpc) is 2.61. The van der Waals surface area contributed by atoms with Gasteiger partial charge >= 0.3 is 0 Å². The Morgan fingerprint density at radius 1 is 1.16 bits per heavy atom. The number of carbonyl (C=O) groups excluding carboxylic acids is 1. The highest BCUT2D eigenvalue weighted by atomic mass is 16.2. The van der Waals surface area contributed by atoms with Gasteiger partial charge in [-0.1, -0.05) is 30.3 Å². The molecule has 4 heteroatoms. The molecular weight excluding hydrogens is 310 g/mol. The molecule has 2 aromatic carbocycles. The smallest absolute Gasteiger partial charge is 0.222 e. The van der Waals surface area contributed by atoms with Gasteiger partial charge in [0.15, 0.2) is 0 Å². The maximum absolute atomic E-state index is 12.5. The largest absolute Gasteiger partial charge is 0.399 e. The number of likely N-dealkylation sites (tertiary alicyclic amines) is 1. The lowest BCUT2D eigenvalue weighted by Gasteiger charge is -2.33. The summed E-state index contributed by atoms with van der Waals surface area (Å²) in [6.45, 7) is 3.76. The first kappa shape index (κ1) is 17.3. The third kappa shape index (κ3) is 4.75. The molecule has 1 fully saturated rings. The minimum absolute atomic E-state index is 0.234.